The molecule has 0 amide bonds. The van der Waals surface area contributed by atoms with Crippen molar-refractivity contribution < 1.29 is 8.78 Å². The standard InChI is InChI=1S/C33H45ClF2/c1-2-3-4-5-24-6-8-25(9-7-24)10-11-26-12-16-28(17-13-26)30-20-19-29(32(35)23-30)18-14-27-15-21-31(34)33(36)22-27/h15,19-26,28H,2-14,16-18H2,1H3/t24-,25-,26?,28?. The minimum atomic E-state index is -0.411. The fraction of sp³-hybridized carbons (Fsp3) is 0.636. The number of rotatable bonds is 11. The lowest BCUT2D eigenvalue weighted by atomic mass is 9.74. The first-order chi connectivity index (χ1) is 17.5. The molecule has 2 aromatic carbocycles. The summed E-state index contributed by atoms with van der Waals surface area (Å²) < 4.78 is 28.5. The second-order valence-corrected chi connectivity index (χ2v) is 12.2. The molecule has 2 aliphatic carbocycles. The topological polar surface area (TPSA) is 0 Å². The van der Waals surface area contributed by atoms with E-state index < -0.39 is 5.82 Å². The molecular weight excluding hydrogens is 470 g/mol. The third-order valence-electron chi connectivity index (χ3n) is 9.23. The SMILES string of the molecule is CCCCC[C@H]1CC[C@H](CCC2CCC(c3ccc(CCc4ccc(Cl)c(F)c4)c(F)c3)CC2)CC1. The summed E-state index contributed by atoms with van der Waals surface area (Å²) in [6.45, 7) is 2.30. The molecule has 0 nitrogen and oxygen atoms in total. The molecular formula is C33H45ClF2. The van der Waals surface area contributed by atoms with Gasteiger partial charge in [-0.2, -0.15) is 0 Å². The summed E-state index contributed by atoms with van der Waals surface area (Å²) in [7, 11) is 0. The van der Waals surface area contributed by atoms with Crippen molar-refractivity contribution in [1.29, 1.82) is 0 Å². The van der Waals surface area contributed by atoms with Crippen molar-refractivity contribution in [1.82, 2.24) is 0 Å². The summed E-state index contributed by atoms with van der Waals surface area (Å²) in [6, 6.07) is 10.7. The van der Waals surface area contributed by atoms with Crippen LogP contribution in [0.3, 0.4) is 0 Å². The zero-order valence-electron chi connectivity index (χ0n) is 22.2. The molecule has 198 valence electrons. The third-order valence-corrected chi connectivity index (χ3v) is 9.53. The summed E-state index contributed by atoms with van der Waals surface area (Å²) in [4.78, 5) is 0. The van der Waals surface area contributed by atoms with Gasteiger partial charge in [-0.05, 0) is 97.1 Å². The van der Waals surface area contributed by atoms with Crippen molar-refractivity contribution in [2.75, 3.05) is 0 Å². The van der Waals surface area contributed by atoms with E-state index in [1.807, 2.05) is 12.1 Å². The second kappa shape index (κ2) is 13.9. The van der Waals surface area contributed by atoms with Crippen LogP contribution in [0.1, 0.15) is 119 Å². The van der Waals surface area contributed by atoms with Gasteiger partial charge >= 0.3 is 0 Å². The Balaban J connectivity index is 1.17. The van der Waals surface area contributed by atoms with Gasteiger partial charge in [-0.3, -0.25) is 0 Å². The molecule has 4 rings (SSSR count). The number of benzene rings is 2. The number of unbranched alkanes of at least 4 members (excludes halogenated alkanes) is 2. The Morgan fingerprint density at radius 3 is 1.94 bits per heavy atom. The highest BCUT2D eigenvalue weighted by Gasteiger charge is 2.25. The van der Waals surface area contributed by atoms with E-state index in [4.69, 9.17) is 11.6 Å². The molecule has 0 aromatic heterocycles. The molecule has 0 heterocycles. The van der Waals surface area contributed by atoms with E-state index in [9.17, 15) is 8.78 Å². The predicted molar refractivity (Wildman–Crippen MR) is 149 cm³/mol. The summed E-state index contributed by atoms with van der Waals surface area (Å²) in [5, 5.41) is 0.129. The van der Waals surface area contributed by atoms with Gasteiger partial charge in [0.05, 0.1) is 5.02 Å². The molecule has 3 heteroatoms. The van der Waals surface area contributed by atoms with Crippen LogP contribution in [-0.2, 0) is 12.8 Å². The molecule has 0 atom stereocenters. The van der Waals surface area contributed by atoms with Crippen LogP contribution in [0.25, 0.3) is 0 Å². The maximum Gasteiger partial charge on any atom is 0.142 e. The van der Waals surface area contributed by atoms with Gasteiger partial charge < -0.3 is 0 Å². The first kappa shape index (κ1) is 27.6. The predicted octanol–water partition coefficient (Wildman–Crippen LogP) is 10.8. The van der Waals surface area contributed by atoms with Crippen molar-refractivity contribution in [2.45, 2.75) is 116 Å². The molecule has 0 radical (unpaired) electrons. The number of aryl methyl sites for hydroxylation is 2. The van der Waals surface area contributed by atoms with Crippen LogP contribution < -0.4 is 0 Å². The molecule has 2 fully saturated rings. The largest absolute Gasteiger partial charge is 0.207 e. The fourth-order valence-corrected chi connectivity index (χ4v) is 6.86. The first-order valence-electron chi connectivity index (χ1n) is 14.7. The maximum absolute atomic E-state index is 14.9. The van der Waals surface area contributed by atoms with Gasteiger partial charge in [0, 0.05) is 0 Å². The number of hydrogen-bond donors (Lipinski definition) is 0. The van der Waals surface area contributed by atoms with Gasteiger partial charge in [0.1, 0.15) is 11.6 Å². The summed E-state index contributed by atoms with van der Waals surface area (Å²) in [6.07, 6.45) is 20.5. The van der Waals surface area contributed by atoms with Crippen LogP contribution in [0, 0.1) is 29.4 Å². The van der Waals surface area contributed by atoms with Gasteiger partial charge in [0.15, 0.2) is 0 Å². The van der Waals surface area contributed by atoms with Gasteiger partial charge in [-0.1, -0.05) is 101 Å². The average molecular weight is 515 g/mol. The van der Waals surface area contributed by atoms with E-state index in [0.29, 0.717) is 24.3 Å². The van der Waals surface area contributed by atoms with E-state index in [-0.39, 0.29) is 10.8 Å². The van der Waals surface area contributed by atoms with Gasteiger partial charge in [0.25, 0.3) is 0 Å². The number of halogens is 3. The zero-order chi connectivity index (χ0) is 25.3. The van der Waals surface area contributed by atoms with Gasteiger partial charge in [-0.15, -0.1) is 0 Å². The highest BCUT2D eigenvalue weighted by molar-refractivity contribution is 6.30. The van der Waals surface area contributed by atoms with Crippen molar-refractivity contribution in [3.05, 3.63) is 69.7 Å². The Labute approximate surface area is 223 Å². The Hall–Kier alpha value is -1.41. The van der Waals surface area contributed by atoms with Crippen LogP contribution >= 0.6 is 11.6 Å². The zero-order valence-corrected chi connectivity index (χ0v) is 23.0. The quantitative estimate of drug-likeness (QED) is 0.261. The van der Waals surface area contributed by atoms with Crippen molar-refractivity contribution >= 4 is 11.6 Å². The highest BCUT2D eigenvalue weighted by Crippen LogP contribution is 2.40. The van der Waals surface area contributed by atoms with E-state index in [1.165, 1.54) is 96.0 Å². The Bertz CT molecular complexity index is 939. The van der Waals surface area contributed by atoms with E-state index in [0.717, 1.165) is 28.9 Å². The Kier molecular flexibility index (Phi) is 10.7. The average Bonchev–Trinajstić information content (AvgIpc) is 2.90. The van der Waals surface area contributed by atoms with Gasteiger partial charge in [0.2, 0.25) is 0 Å². The molecule has 2 saturated carbocycles. The minimum absolute atomic E-state index is 0.116. The smallest absolute Gasteiger partial charge is 0.142 e. The van der Waals surface area contributed by atoms with Gasteiger partial charge in [-0.25, -0.2) is 8.78 Å². The lowest BCUT2D eigenvalue weighted by Crippen LogP contribution is -2.18. The van der Waals surface area contributed by atoms with E-state index in [2.05, 4.69) is 13.0 Å². The monoisotopic (exact) mass is 514 g/mol. The Morgan fingerprint density at radius 2 is 1.33 bits per heavy atom. The van der Waals surface area contributed by atoms with Crippen molar-refractivity contribution in [3.8, 4) is 0 Å². The first-order valence-corrected chi connectivity index (χ1v) is 15.1. The molecule has 0 N–H and O–H groups in total. The molecule has 0 bridgehead atoms. The molecule has 36 heavy (non-hydrogen) atoms. The minimum Gasteiger partial charge on any atom is -0.207 e. The normalized spacial score (nSPS) is 24.7. The van der Waals surface area contributed by atoms with E-state index in [1.54, 1.807) is 12.1 Å². The molecule has 2 aromatic rings. The summed E-state index contributed by atoms with van der Waals surface area (Å²) >= 11 is 5.76. The highest BCUT2D eigenvalue weighted by atomic mass is 35.5. The third kappa shape index (κ3) is 8.04. The molecule has 0 aliphatic heterocycles. The maximum atomic E-state index is 14.9. The molecule has 2 aliphatic rings. The molecule has 0 saturated heterocycles. The fourth-order valence-electron chi connectivity index (χ4n) is 6.74. The molecule has 0 spiro atoms. The number of hydrogen-bond acceptors (Lipinski definition) is 0. The Morgan fingerprint density at radius 1 is 0.694 bits per heavy atom. The van der Waals surface area contributed by atoms with Crippen LogP contribution in [0.15, 0.2) is 36.4 Å². The lowest BCUT2D eigenvalue weighted by molar-refractivity contribution is 0.222. The summed E-state index contributed by atoms with van der Waals surface area (Å²) in [5.74, 6) is 2.81. The van der Waals surface area contributed by atoms with E-state index >= 15 is 0 Å². The van der Waals surface area contributed by atoms with Crippen molar-refractivity contribution in [3.63, 3.8) is 0 Å². The van der Waals surface area contributed by atoms with Crippen LogP contribution in [0.4, 0.5) is 8.78 Å². The van der Waals surface area contributed by atoms with Crippen LogP contribution in [-0.4, -0.2) is 0 Å². The lowest BCUT2D eigenvalue weighted by Gasteiger charge is -2.32. The van der Waals surface area contributed by atoms with Crippen LogP contribution in [0.2, 0.25) is 5.02 Å². The summed E-state index contributed by atoms with van der Waals surface area (Å²) in [5.41, 5.74) is 2.72. The molecule has 0 unspecified atom stereocenters. The second-order valence-electron chi connectivity index (χ2n) is 11.8. The van der Waals surface area contributed by atoms with Crippen LogP contribution in [0.5, 0.6) is 0 Å². The van der Waals surface area contributed by atoms with Crippen molar-refractivity contribution in [2.24, 2.45) is 17.8 Å².